The van der Waals surface area contributed by atoms with Crippen molar-refractivity contribution >= 4 is 0 Å². The Morgan fingerprint density at radius 2 is 2.42 bits per heavy atom. The number of hydrogen-bond donors (Lipinski definition) is 1. The average molecular weight is 166 g/mol. The zero-order valence-electron chi connectivity index (χ0n) is 7.79. The van der Waals surface area contributed by atoms with Gasteiger partial charge in [0.1, 0.15) is 0 Å². The quantitative estimate of drug-likeness (QED) is 0.611. The second-order valence-corrected chi connectivity index (χ2v) is 3.56. The lowest BCUT2D eigenvalue weighted by Crippen LogP contribution is -2.46. The monoisotopic (exact) mass is 166 g/mol. The Kier molecular flexibility index (Phi) is 3.58. The van der Waals surface area contributed by atoms with E-state index >= 15 is 0 Å². The summed E-state index contributed by atoms with van der Waals surface area (Å²) in [6, 6.07) is 0.393. The molecule has 2 N–H and O–H groups in total. The SMILES string of the molecule is C#CCN1CCC(N)C(CC)C1. The Labute approximate surface area is 75.1 Å². The fourth-order valence-electron chi connectivity index (χ4n) is 1.83. The first-order valence-electron chi connectivity index (χ1n) is 4.69. The molecule has 1 fully saturated rings. The van der Waals surface area contributed by atoms with E-state index in [0.29, 0.717) is 12.0 Å². The number of hydrogen-bond acceptors (Lipinski definition) is 2. The van der Waals surface area contributed by atoms with Crippen LogP contribution in [0.1, 0.15) is 19.8 Å². The third kappa shape index (κ3) is 2.23. The third-order valence-corrected chi connectivity index (χ3v) is 2.72. The molecular formula is C10H18N2. The highest BCUT2D eigenvalue weighted by molar-refractivity contribution is 4.91. The standard InChI is InChI=1S/C10H18N2/c1-3-6-12-7-5-10(11)9(4-2)8-12/h1,9-10H,4-8,11H2,2H3. The summed E-state index contributed by atoms with van der Waals surface area (Å²) in [5.41, 5.74) is 5.97. The fraction of sp³-hybridized carbons (Fsp3) is 0.800. The van der Waals surface area contributed by atoms with E-state index in [9.17, 15) is 0 Å². The van der Waals surface area contributed by atoms with E-state index in [2.05, 4.69) is 17.7 Å². The van der Waals surface area contributed by atoms with Crippen LogP contribution in [0.15, 0.2) is 0 Å². The molecule has 1 aliphatic rings. The van der Waals surface area contributed by atoms with Crippen LogP contribution >= 0.6 is 0 Å². The number of nitrogens with two attached hydrogens (primary N) is 1. The van der Waals surface area contributed by atoms with Gasteiger partial charge in [0.25, 0.3) is 0 Å². The van der Waals surface area contributed by atoms with E-state index in [-0.39, 0.29) is 0 Å². The molecule has 1 saturated heterocycles. The number of terminal acetylenes is 1. The fourth-order valence-corrected chi connectivity index (χ4v) is 1.83. The van der Waals surface area contributed by atoms with Crippen molar-refractivity contribution in [3.05, 3.63) is 0 Å². The predicted molar refractivity (Wildman–Crippen MR) is 51.6 cm³/mol. The second-order valence-electron chi connectivity index (χ2n) is 3.56. The van der Waals surface area contributed by atoms with Crippen LogP contribution in [0.3, 0.4) is 0 Å². The highest BCUT2D eigenvalue weighted by Crippen LogP contribution is 2.17. The molecule has 0 radical (unpaired) electrons. The van der Waals surface area contributed by atoms with Gasteiger partial charge in [-0.1, -0.05) is 19.3 Å². The summed E-state index contributed by atoms with van der Waals surface area (Å²) < 4.78 is 0. The summed E-state index contributed by atoms with van der Waals surface area (Å²) in [7, 11) is 0. The van der Waals surface area contributed by atoms with Gasteiger partial charge in [-0.05, 0) is 12.3 Å². The Balaban J connectivity index is 2.39. The lowest BCUT2D eigenvalue weighted by atomic mass is 9.91. The zero-order valence-corrected chi connectivity index (χ0v) is 7.79. The predicted octanol–water partition coefficient (Wildman–Crippen LogP) is 0.679. The number of likely N-dealkylation sites (tertiary alicyclic amines) is 1. The first-order chi connectivity index (χ1) is 5.77. The molecule has 1 aliphatic heterocycles. The molecule has 0 aliphatic carbocycles. The average Bonchev–Trinajstić information content (AvgIpc) is 2.09. The normalized spacial score (nSPS) is 31.4. The minimum absolute atomic E-state index is 0.393. The largest absolute Gasteiger partial charge is 0.327 e. The van der Waals surface area contributed by atoms with Crippen LogP contribution in [0.5, 0.6) is 0 Å². The van der Waals surface area contributed by atoms with Crippen LogP contribution in [0.2, 0.25) is 0 Å². The Morgan fingerprint density at radius 3 is 3.00 bits per heavy atom. The summed E-state index contributed by atoms with van der Waals surface area (Å²) >= 11 is 0. The lowest BCUT2D eigenvalue weighted by Gasteiger charge is -2.35. The number of nitrogens with zero attached hydrogens (tertiary/aromatic N) is 1. The maximum Gasteiger partial charge on any atom is 0.0599 e. The van der Waals surface area contributed by atoms with Crippen molar-refractivity contribution in [2.75, 3.05) is 19.6 Å². The second kappa shape index (κ2) is 4.49. The molecule has 0 aromatic heterocycles. The van der Waals surface area contributed by atoms with Crippen molar-refractivity contribution in [1.29, 1.82) is 0 Å². The van der Waals surface area contributed by atoms with Crippen molar-refractivity contribution < 1.29 is 0 Å². The van der Waals surface area contributed by atoms with E-state index < -0.39 is 0 Å². The van der Waals surface area contributed by atoms with Crippen molar-refractivity contribution in [3.63, 3.8) is 0 Å². The summed E-state index contributed by atoms with van der Waals surface area (Å²) in [5.74, 6) is 3.33. The van der Waals surface area contributed by atoms with E-state index in [0.717, 1.165) is 26.1 Å². The molecule has 12 heavy (non-hydrogen) atoms. The molecule has 0 aromatic carbocycles. The highest BCUT2D eigenvalue weighted by Gasteiger charge is 2.24. The summed E-state index contributed by atoms with van der Waals surface area (Å²) in [6.45, 7) is 5.14. The maximum absolute atomic E-state index is 5.97. The minimum atomic E-state index is 0.393. The van der Waals surface area contributed by atoms with Crippen LogP contribution in [0.4, 0.5) is 0 Å². The number of piperidine rings is 1. The molecule has 2 heteroatoms. The maximum atomic E-state index is 5.97. The van der Waals surface area contributed by atoms with Gasteiger partial charge in [0.2, 0.25) is 0 Å². The smallest absolute Gasteiger partial charge is 0.0599 e. The highest BCUT2D eigenvalue weighted by atomic mass is 15.1. The van der Waals surface area contributed by atoms with Gasteiger partial charge in [-0.3, -0.25) is 4.90 Å². The Hall–Kier alpha value is -0.520. The molecular weight excluding hydrogens is 148 g/mol. The molecule has 0 aromatic rings. The summed E-state index contributed by atoms with van der Waals surface area (Å²) in [5, 5.41) is 0. The van der Waals surface area contributed by atoms with Crippen molar-refractivity contribution in [1.82, 2.24) is 4.90 Å². The Bertz CT molecular complexity index is 171. The molecule has 2 unspecified atom stereocenters. The van der Waals surface area contributed by atoms with Gasteiger partial charge in [-0.2, -0.15) is 0 Å². The van der Waals surface area contributed by atoms with Crippen LogP contribution < -0.4 is 5.73 Å². The molecule has 2 nitrogen and oxygen atoms in total. The molecule has 1 heterocycles. The van der Waals surface area contributed by atoms with Crippen LogP contribution in [0.25, 0.3) is 0 Å². The van der Waals surface area contributed by atoms with Crippen molar-refractivity contribution in [2.45, 2.75) is 25.8 Å². The van der Waals surface area contributed by atoms with Gasteiger partial charge in [0, 0.05) is 19.1 Å². The van der Waals surface area contributed by atoms with Gasteiger partial charge in [-0.25, -0.2) is 0 Å². The van der Waals surface area contributed by atoms with E-state index in [1.165, 1.54) is 6.42 Å². The molecule has 1 rings (SSSR count). The van der Waals surface area contributed by atoms with Crippen molar-refractivity contribution in [3.8, 4) is 12.3 Å². The first-order valence-corrected chi connectivity index (χ1v) is 4.69. The summed E-state index contributed by atoms with van der Waals surface area (Å²) in [6.07, 6.45) is 7.52. The summed E-state index contributed by atoms with van der Waals surface area (Å²) in [4.78, 5) is 2.32. The van der Waals surface area contributed by atoms with E-state index in [1.807, 2.05) is 0 Å². The van der Waals surface area contributed by atoms with Gasteiger partial charge >= 0.3 is 0 Å². The number of rotatable bonds is 2. The van der Waals surface area contributed by atoms with Gasteiger partial charge in [0.15, 0.2) is 0 Å². The van der Waals surface area contributed by atoms with Gasteiger partial charge < -0.3 is 5.73 Å². The molecule has 0 bridgehead atoms. The van der Waals surface area contributed by atoms with Gasteiger partial charge in [0.05, 0.1) is 6.54 Å². The van der Waals surface area contributed by atoms with E-state index in [1.54, 1.807) is 0 Å². The van der Waals surface area contributed by atoms with Crippen LogP contribution in [-0.2, 0) is 0 Å². The molecule has 0 spiro atoms. The van der Waals surface area contributed by atoms with Crippen LogP contribution in [0, 0.1) is 18.3 Å². The zero-order chi connectivity index (χ0) is 8.97. The minimum Gasteiger partial charge on any atom is -0.327 e. The first kappa shape index (κ1) is 9.57. The molecule has 68 valence electrons. The Morgan fingerprint density at radius 1 is 1.67 bits per heavy atom. The van der Waals surface area contributed by atoms with Crippen molar-refractivity contribution in [2.24, 2.45) is 11.7 Å². The topological polar surface area (TPSA) is 29.3 Å². The molecule has 0 saturated carbocycles. The third-order valence-electron chi connectivity index (χ3n) is 2.72. The molecule has 0 amide bonds. The van der Waals surface area contributed by atoms with Gasteiger partial charge in [-0.15, -0.1) is 6.42 Å². The lowest BCUT2D eigenvalue weighted by molar-refractivity contribution is 0.168. The van der Waals surface area contributed by atoms with Crippen LogP contribution in [-0.4, -0.2) is 30.6 Å². The molecule has 2 atom stereocenters. The van der Waals surface area contributed by atoms with E-state index in [4.69, 9.17) is 12.2 Å².